The Balaban J connectivity index is 1.40. The Morgan fingerprint density at radius 1 is 1.00 bits per heavy atom. The highest BCUT2D eigenvalue weighted by molar-refractivity contribution is 5.87. The summed E-state index contributed by atoms with van der Waals surface area (Å²) in [6.45, 7) is 7.88. The van der Waals surface area contributed by atoms with Crippen LogP contribution in [0, 0.1) is 11.8 Å². The predicted octanol–water partition coefficient (Wildman–Crippen LogP) is 7.23. The summed E-state index contributed by atoms with van der Waals surface area (Å²) in [4.78, 5) is 25.0. The first-order chi connectivity index (χ1) is 18.7. The Kier molecular flexibility index (Phi) is 11.2. The van der Waals surface area contributed by atoms with Crippen LogP contribution in [0.25, 0.3) is 6.08 Å². The lowest BCUT2D eigenvalue weighted by Gasteiger charge is -2.27. The van der Waals surface area contributed by atoms with Gasteiger partial charge in [0, 0.05) is 22.9 Å². The first-order valence-corrected chi connectivity index (χ1v) is 14.1. The van der Waals surface area contributed by atoms with E-state index < -0.39 is 11.4 Å². The molecule has 210 valence electrons. The largest absolute Gasteiger partial charge is 0.462 e. The number of hydrogen-bond acceptors (Lipinski definition) is 6. The lowest BCUT2D eigenvalue weighted by molar-refractivity contribution is -0.140. The van der Waals surface area contributed by atoms with Crippen molar-refractivity contribution < 1.29 is 19.1 Å². The van der Waals surface area contributed by atoms with Crippen molar-refractivity contribution in [2.45, 2.75) is 77.0 Å². The third-order valence-corrected chi connectivity index (χ3v) is 7.59. The van der Waals surface area contributed by atoms with Gasteiger partial charge in [-0.1, -0.05) is 57.4 Å². The van der Waals surface area contributed by atoms with Crippen molar-refractivity contribution in [3.05, 3.63) is 72.3 Å². The van der Waals surface area contributed by atoms with E-state index in [1.165, 1.54) is 31.8 Å². The number of allylic oxidation sites excluding steroid dienone is 1. The minimum Gasteiger partial charge on any atom is -0.462 e. The van der Waals surface area contributed by atoms with Crippen molar-refractivity contribution in [1.82, 2.24) is 0 Å². The Bertz CT molecular complexity index is 1130. The molecule has 39 heavy (non-hydrogen) atoms. The third kappa shape index (κ3) is 9.61. The van der Waals surface area contributed by atoms with Gasteiger partial charge in [-0.05, 0) is 85.9 Å². The van der Waals surface area contributed by atoms with Crippen LogP contribution in [-0.2, 0) is 19.7 Å². The van der Waals surface area contributed by atoms with Gasteiger partial charge in [0.15, 0.2) is 0 Å². The summed E-state index contributed by atoms with van der Waals surface area (Å²) in [6.07, 6.45) is 15.2. The molecule has 1 aliphatic carbocycles. The Labute approximate surface area is 233 Å². The summed E-state index contributed by atoms with van der Waals surface area (Å²) in [6, 6.07) is 12.5. The zero-order valence-corrected chi connectivity index (χ0v) is 23.5. The van der Waals surface area contributed by atoms with Crippen LogP contribution in [0.5, 0.6) is 5.75 Å². The SMILES string of the molecule is C=CCCCCCC1CCC(C(=O)Oc2ccc(/C=C/C(=O)OCC(C)(C)c3ccc(N)cc3N)cc2)CC1. The van der Waals surface area contributed by atoms with Gasteiger partial charge in [-0.15, -0.1) is 6.58 Å². The number of ether oxygens (including phenoxy) is 2. The van der Waals surface area contributed by atoms with E-state index in [2.05, 4.69) is 6.58 Å². The molecule has 4 N–H and O–H groups in total. The standard InChI is InChI=1S/C33H44N2O4/c1-4-5-6-7-8-9-24-10-15-26(16-11-24)32(37)39-28-18-12-25(13-19-28)14-21-31(36)38-23-33(2,3)29-20-17-27(34)22-30(29)35/h4,12-14,17-22,24,26H,1,5-11,15-16,23,34-35H2,2-3H3/b21-14+. The second kappa shape index (κ2) is 14.6. The quantitative estimate of drug-likeness (QED) is 0.0704. The molecular weight excluding hydrogens is 488 g/mol. The second-order valence-electron chi connectivity index (χ2n) is 11.3. The molecule has 2 aromatic carbocycles. The minimum absolute atomic E-state index is 0.0239. The molecule has 6 nitrogen and oxygen atoms in total. The highest BCUT2D eigenvalue weighted by Crippen LogP contribution is 2.33. The first kappa shape index (κ1) is 30.0. The van der Waals surface area contributed by atoms with Gasteiger partial charge in [0.1, 0.15) is 12.4 Å². The summed E-state index contributed by atoms with van der Waals surface area (Å²) < 4.78 is 11.1. The maximum atomic E-state index is 12.7. The van der Waals surface area contributed by atoms with Gasteiger partial charge in [-0.25, -0.2) is 4.79 Å². The molecule has 2 aromatic rings. The monoisotopic (exact) mass is 532 g/mol. The van der Waals surface area contributed by atoms with Crippen molar-refractivity contribution >= 4 is 29.4 Å². The van der Waals surface area contributed by atoms with E-state index in [0.29, 0.717) is 17.1 Å². The maximum absolute atomic E-state index is 12.7. The van der Waals surface area contributed by atoms with Crippen molar-refractivity contribution in [2.24, 2.45) is 11.8 Å². The van der Waals surface area contributed by atoms with Crippen LogP contribution < -0.4 is 16.2 Å². The predicted molar refractivity (Wildman–Crippen MR) is 159 cm³/mol. The minimum atomic E-state index is -0.461. The number of carbonyl (C=O) groups is 2. The molecule has 0 aromatic heterocycles. The van der Waals surface area contributed by atoms with Crippen LogP contribution in [0.1, 0.15) is 82.8 Å². The van der Waals surface area contributed by atoms with Crippen LogP contribution in [0.4, 0.5) is 11.4 Å². The number of rotatable bonds is 13. The average Bonchev–Trinajstić information content (AvgIpc) is 2.91. The van der Waals surface area contributed by atoms with E-state index >= 15 is 0 Å². The van der Waals surface area contributed by atoms with Crippen molar-refractivity contribution in [1.29, 1.82) is 0 Å². The van der Waals surface area contributed by atoms with Crippen molar-refractivity contribution in [3.63, 3.8) is 0 Å². The first-order valence-electron chi connectivity index (χ1n) is 14.1. The van der Waals surface area contributed by atoms with Gasteiger partial charge in [0.05, 0.1) is 5.92 Å². The van der Waals surface area contributed by atoms with E-state index in [4.69, 9.17) is 20.9 Å². The summed E-state index contributed by atoms with van der Waals surface area (Å²) >= 11 is 0. The molecule has 0 amide bonds. The summed E-state index contributed by atoms with van der Waals surface area (Å²) in [5.74, 6) is 0.643. The molecule has 0 saturated heterocycles. The van der Waals surface area contributed by atoms with Crippen molar-refractivity contribution in [3.8, 4) is 5.75 Å². The lowest BCUT2D eigenvalue weighted by Crippen LogP contribution is -2.27. The fourth-order valence-corrected chi connectivity index (χ4v) is 5.17. The molecule has 0 radical (unpaired) electrons. The number of hydrogen-bond donors (Lipinski definition) is 2. The number of benzene rings is 2. The molecule has 0 spiro atoms. The lowest BCUT2D eigenvalue weighted by atomic mass is 9.80. The van der Waals surface area contributed by atoms with Gasteiger partial charge in [0.25, 0.3) is 0 Å². The number of unbranched alkanes of at least 4 members (excludes halogenated alkanes) is 3. The molecule has 0 heterocycles. The molecule has 0 atom stereocenters. The second-order valence-corrected chi connectivity index (χ2v) is 11.3. The van der Waals surface area contributed by atoms with E-state index in [9.17, 15) is 9.59 Å². The zero-order chi connectivity index (χ0) is 28.3. The molecule has 0 aliphatic heterocycles. The van der Waals surface area contributed by atoms with E-state index in [1.807, 2.05) is 38.1 Å². The summed E-state index contributed by atoms with van der Waals surface area (Å²) in [5.41, 5.74) is 14.3. The average molecular weight is 533 g/mol. The van der Waals surface area contributed by atoms with E-state index in [1.54, 1.807) is 30.3 Å². The highest BCUT2D eigenvalue weighted by atomic mass is 16.5. The highest BCUT2D eigenvalue weighted by Gasteiger charge is 2.28. The van der Waals surface area contributed by atoms with E-state index in [0.717, 1.165) is 49.1 Å². The van der Waals surface area contributed by atoms with Crippen LogP contribution in [0.2, 0.25) is 0 Å². The molecule has 6 heteroatoms. The fraction of sp³-hybridized carbons (Fsp3) is 0.455. The number of esters is 2. The van der Waals surface area contributed by atoms with Crippen LogP contribution >= 0.6 is 0 Å². The molecule has 0 bridgehead atoms. The molecule has 1 saturated carbocycles. The number of carbonyl (C=O) groups excluding carboxylic acids is 2. The Morgan fingerprint density at radius 3 is 2.38 bits per heavy atom. The summed E-state index contributed by atoms with van der Waals surface area (Å²) in [5, 5.41) is 0. The molecule has 1 fully saturated rings. The van der Waals surface area contributed by atoms with Gasteiger partial charge in [-0.2, -0.15) is 0 Å². The Morgan fingerprint density at radius 2 is 1.72 bits per heavy atom. The number of nitrogen functional groups attached to an aromatic ring is 2. The van der Waals surface area contributed by atoms with Gasteiger partial charge in [0.2, 0.25) is 0 Å². The summed E-state index contributed by atoms with van der Waals surface area (Å²) in [7, 11) is 0. The normalized spacial score (nSPS) is 17.6. The zero-order valence-electron chi connectivity index (χ0n) is 23.5. The number of anilines is 2. The number of nitrogens with two attached hydrogens (primary N) is 2. The van der Waals surface area contributed by atoms with Crippen LogP contribution in [0.15, 0.2) is 61.2 Å². The maximum Gasteiger partial charge on any atom is 0.330 e. The van der Waals surface area contributed by atoms with E-state index in [-0.39, 0.29) is 18.5 Å². The molecule has 1 aliphatic rings. The van der Waals surface area contributed by atoms with Crippen LogP contribution in [0.3, 0.4) is 0 Å². The molecule has 0 unspecified atom stereocenters. The fourth-order valence-electron chi connectivity index (χ4n) is 5.17. The Hall–Kier alpha value is -3.54. The van der Waals surface area contributed by atoms with Gasteiger partial charge >= 0.3 is 11.9 Å². The van der Waals surface area contributed by atoms with Gasteiger partial charge < -0.3 is 20.9 Å². The van der Waals surface area contributed by atoms with Gasteiger partial charge in [-0.3, -0.25) is 4.79 Å². The van der Waals surface area contributed by atoms with Crippen LogP contribution in [-0.4, -0.2) is 18.5 Å². The smallest absolute Gasteiger partial charge is 0.330 e. The molecular formula is C33H44N2O4. The topological polar surface area (TPSA) is 105 Å². The van der Waals surface area contributed by atoms with Crippen molar-refractivity contribution in [2.75, 3.05) is 18.1 Å². The third-order valence-electron chi connectivity index (χ3n) is 7.59. The molecule has 3 rings (SSSR count).